The molecular weight excluding hydrogens is 327 g/mol. The number of carbonyl (C=O) groups excluding carboxylic acids is 1. The molecule has 7 nitrogen and oxygen atoms in total. The van der Waals surface area contributed by atoms with Crippen molar-refractivity contribution >= 4 is 11.7 Å². The minimum atomic E-state index is -0.486. The molecule has 2 aromatic rings. The Hall–Kier alpha value is -2.74. The van der Waals surface area contributed by atoms with Gasteiger partial charge in [0.2, 0.25) is 0 Å². The summed E-state index contributed by atoms with van der Waals surface area (Å²) in [4.78, 5) is 23.0. The number of nitrogens with one attached hydrogen (secondary N) is 1. The number of anilines is 1. The van der Waals surface area contributed by atoms with E-state index >= 15 is 0 Å². The summed E-state index contributed by atoms with van der Waals surface area (Å²) in [6.45, 7) is 1.06. The fourth-order valence-corrected chi connectivity index (χ4v) is 2.79. The van der Waals surface area contributed by atoms with Crippen molar-refractivity contribution in [2.24, 2.45) is 0 Å². The van der Waals surface area contributed by atoms with Crippen molar-refractivity contribution in [3.63, 3.8) is 0 Å². The molecule has 1 aliphatic rings. The molecule has 132 valence electrons. The molecule has 25 heavy (non-hydrogen) atoms. The SMILES string of the molecule is CNc1nccnc1[C@@H]1CN(C(=O)c2cc(F)ccc2OC)CCO1. The molecule has 1 saturated heterocycles. The maximum atomic E-state index is 13.6. The second-order valence-corrected chi connectivity index (χ2v) is 5.50. The van der Waals surface area contributed by atoms with Crippen LogP contribution in [0.25, 0.3) is 0 Å². The molecule has 1 aliphatic heterocycles. The molecule has 1 atom stereocenters. The summed E-state index contributed by atoms with van der Waals surface area (Å²) in [5, 5.41) is 2.97. The van der Waals surface area contributed by atoms with Crippen LogP contribution >= 0.6 is 0 Å². The Morgan fingerprint density at radius 2 is 2.20 bits per heavy atom. The van der Waals surface area contributed by atoms with Gasteiger partial charge in [-0.25, -0.2) is 9.37 Å². The molecule has 0 unspecified atom stereocenters. The summed E-state index contributed by atoms with van der Waals surface area (Å²) >= 11 is 0. The highest BCUT2D eigenvalue weighted by atomic mass is 19.1. The highest BCUT2D eigenvalue weighted by Gasteiger charge is 2.30. The molecule has 1 aromatic carbocycles. The third-order valence-electron chi connectivity index (χ3n) is 4.01. The lowest BCUT2D eigenvalue weighted by Crippen LogP contribution is -2.42. The van der Waals surface area contributed by atoms with E-state index in [2.05, 4.69) is 15.3 Å². The Morgan fingerprint density at radius 1 is 1.40 bits per heavy atom. The van der Waals surface area contributed by atoms with Gasteiger partial charge in [0.05, 0.1) is 25.8 Å². The van der Waals surface area contributed by atoms with Gasteiger partial charge in [-0.15, -0.1) is 0 Å². The van der Waals surface area contributed by atoms with Crippen molar-refractivity contribution < 1.29 is 18.7 Å². The van der Waals surface area contributed by atoms with Crippen molar-refractivity contribution in [1.29, 1.82) is 0 Å². The van der Waals surface area contributed by atoms with Crippen LogP contribution in [-0.4, -0.2) is 54.6 Å². The van der Waals surface area contributed by atoms with E-state index in [0.717, 1.165) is 0 Å². The van der Waals surface area contributed by atoms with Crippen LogP contribution in [0.1, 0.15) is 22.2 Å². The third kappa shape index (κ3) is 3.53. The predicted molar refractivity (Wildman–Crippen MR) is 89.1 cm³/mol. The van der Waals surface area contributed by atoms with Crippen LogP contribution in [0.3, 0.4) is 0 Å². The van der Waals surface area contributed by atoms with Gasteiger partial charge in [-0.05, 0) is 18.2 Å². The minimum absolute atomic E-state index is 0.191. The smallest absolute Gasteiger partial charge is 0.257 e. The number of carbonyl (C=O) groups is 1. The molecule has 8 heteroatoms. The highest BCUT2D eigenvalue weighted by Crippen LogP contribution is 2.27. The molecule has 0 radical (unpaired) electrons. The van der Waals surface area contributed by atoms with Gasteiger partial charge in [-0.1, -0.05) is 0 Å². The molecule has 1 fully saturated rings. The number of hydrogen-bond acceptors (Lipinski definition) is 6. The van der Waals surface area contributed by atoms with Crippen molar-refractivity contribution in [2.45, 2.75) is 6.10 Å². The first-order chi connectivity index (χ1) is 12.1. The monoisotopic (exact) mass is 346 g/mol. The predicted octanol–water partition coefficient (Wildman–Crippen LogP) is 1.88. The van der Waals surface area contributed by atoms with Gasteiger partial charge >= 0.3 is 0 Å². The van der Waals surface area contributed by atoms with Gasteiger partial charge in [0.25, 0.3) is 5.91 Å². The third-order valence-corrected chi connectivity index (χ3v) is 4.01. The maximum absolute atomic E-state index is 13.6. The lowest BCUT2D eigenvalue weighted by atomic mass is 10.1. The topological polar surface area (TPSA) is 76.6 Å². The van der Waals surface area contributed by atoms with E-state index in [1.54, 1.807) is 24.3 Å². The van der Waals surface area contributed by atoms with Crippen molar-refractivity contribution in [3.05, 3.63) is 47.7 Å². The number of rotatable bonds is 4. The summed E-state index contributed by atoms with van der Waals surface area (Å²) < 4.78 is 24.5. The summed E-state index contributed by atoms with van der Waals surface area (Å²) in [7, 11) is 3.20. The van der Waals surface area contributed by atoms with Crippen LogP contribution in [0.4, 0.5) is 10.2 Å². The largest absolute Gasteiger partial charge is 0.496 e. The van der Waals surface area contributed by atoms with Crippen molar-refractivity contribution in [2.75, 3.05) is 39.2 Å². The van der Waals surface area contributed by atoms with Gasteiger partial charge in [-0.3, -0.25) is 9.78 Å². The lowest BCUT2D eigenvalue weighted by Gasteiger charge is -2.33. The molecule has 3 rings (SSSR count). The van der Waals surface area contributed by atoms with E-state index in [9.17, 15) is 9.18 Å². The fraction of sp³-hybridized carbons (Fsp3) is 0.353. The molecule has 1 amide bonds. The number of morpholine rings is 1. The Morgan fingerprint density at radius 3 is 2.96 bits per heavy atom. The van der Waals surface area contributed by atoms with E-state index in [0.29, 0.717) is 37.0 Å². The lowest BCUT2D eigenvalue weighted by molar-refractivity contribution is -0.0246. The number of halogens is 1. The van der Waals surface area contributed by atoms with Crippen molar-refractivity contribution in [1.82, 2.24) is 14.9 Å². The van der Waals surface area contributed by atoms with Crippen LogP contribution < -0.4 is 10.1 Å². The normalized spacial score (nSPS) is 17.2. The number of hydrogen-bond donors (Lipinski definition) is 1. The van der Waals surface area contributed by atoms with Gasteiger partial charge in [-0.2, -0.15) is 0 Å². The zero-order valence-corrected chi connectivity index (χ0v) is 14.0. The van der Waals surface area contributed by atoms with Crippen LogP contribution in [0.15, 0.2) is 30.6 Å². The summed E-state index contributed by atoms with van der Waals surface area (Å²) in [5.74, 6) is 0.148. The maximum Gasteiger partial charge on any atom is 0.257 e. The number of aromatic nitrogens is 2. The van der Waals surface area contributed by atoms with E-state index in [1.165, 1.54) is 25.3 Å². The molecule has 0 spiro atoms. The highest BCUT2D eigenvalue weighted by molar-refractivity contribution is 5.97. The van der Waals surface area contributed by atoms with Gasteiger partial charge in [0, 0.05) is 26.0 Å². The average molecular weight is 346 g/mol. The fourth-order valence-electron chi connectivity index (χ4n) is 2.79. The summed E-state index contributed by atoms with van der Waals surface area (Å²) in [5.41, 5.74) is 0.824. The quantitative estimate of drug-likeness (QED) is 0.911. The first-order valence-electron chi connectivity index (χ1n) is 7.87. The zero-order valence-electron chi connectivity index (χ0n) is 14.0. The minimum Gasteiger partial charge on any atom is -0.496 e. The second kappa shape index (κ2) is 7.43. The molecule has 2 heterocycles. The number of amides is 1. The first kappa shape index (κ1) is 17.1. The zero-order chi connectivity index (χ0) is 17.8. The summed E-state index contributed by atoms with van der Waals surface area (Å²) in [6.07, 6.45) is 2.75. The standard InChI is InChI=1S/C17H19FN4O3/c1-19-16-15(20-5-6-21-16)14-10-22(7-8-25-14)17(23)12-9-11(18)3-4-13(12)24-2/h3-6,9,14H,7-8,10H2,1-2H3,(H,19,21)/t14-/m0/s1. The van der Waals surface area contributed by atoms with Crippen LogP contribution in [0.5, 0.6) is 5.75 Å². The first-order valence-corrected chi connectivity index (χ1v) is 7.87. The van der Waals surface area contributed by atoms with Crippen LogP contribution in [0.2, 0.25) is 0 Å². The Kier molecular flexibility index (Phi) is 5.08. The number of ether oxygens (including phenoxy) is 2. The van der Waals surface area contributed by atoms with E-state index in [4.69, 9.17) is 9.47 Å². The average Bonchev–Trinajstić information content (AvgIpc) is 2.67. The van der Waals surface area contributed by atoms with E-state index in [1.807, 2.05) is 0 Å². The molecule has 0 aliphatic carbocycles. The van der Waals surface area contributed by atoms with E-state index in [-0.39, 0.29) is 11.5 Å². The van der Waals surface area contributed by atoms with Gasteiger partial charge in [0.15, 0.2) is 0 Å². The number of nitrogens with zero attached hydrogens (tertiary/aromatic N) is 3. The van der Waals surface area contributed by atoms with Gasteiger partial charge < -0.3 is 19.7 Å². The second-order valence-electron chi connectivity index (χ2n) is 5.50. The van der Waals surface area contributed by atoms with Crippen molar-refractivity contribution in [3.8, 4) is 5.75 Å². The van der Waals surface area contributed by atoms with E-state index < -0.39 is 11.9 Å². The molecule has 0 saturated carbocycles. The molecular formula is C17H19FN4O3. The molecule has 1 aromatic heterocycles. The Bertz CT molecular complexity index is 771. The van der Waals surface area contributed by atoms with Crippen LogP contribution in [0, 0.1) is 5.82 Å². The molecule has 0 bridgehead atoms. The Balaban J connectivity index is 1.84. The number of methoxy groups -OCH3 is 1. The molecule has 1 N–H and O–H groups in total. The van der Waals surface area contributed by atoms with Gasteiger partial charge in [0.1, 0.15) is 29.2 Å². The van der Waals surface area contributed by atoms with Crippen LogP contribution in [-0.2, 0) is 4.74 Å². The number of benzene rings is 1. The Labute approximate surface area is 144 Å². The summed E-state index contributed by atoms with van der Waals surface area (Å²) in [6, 6.07) is 3.89.